The van der Waals surface area contributed by atoms with Crippen LogP contribution in [0.5, 0.6) is 0 Å². The van der Waals surface area contributed by atoms with E-state index in [1.807, 2.05) is 24.3 Å². The normalized spacial score (nSPS) is 33.2. The summed E-state index contributed by atoms with van der Waals surface area (Å²) in [4.78, 5) is 101. The molecule has 222 valence electrons. The van der Waals surface area contributed by atoms with Crippen LogP contribution in [-0.4, -0.2) is 57.8 Å². The molecule has 43 heavy (non-hydrogen) atoms. The van der Waals surface area contributed by atoms with Gasteiger partial charge < -0.3 is 19.7 Å². The first kappa shape index (κ1) is 27.0. The summed E-state index contributed by atoms with van der Waals surface area (Å²) in [6.07, 6.45) is 6.90. The average molecular weight is 590 g/mol. The molecule has 5 amide bonds. The summed E-state index contributed by atoms with van der Waals surface area (Å²) in [7, 11) is 0. The first-order chi connectivity index (χ1) is 20.7. The zero-order valence-electron chi connectivity index (χ0n) is 22.7. The van der Waals surface area contributed by atoms with E-state index in [9.17, 15) is 33.6 Å². The lowest BCUT2D eigenvalue weighted by atomic mass is 9.85. The Bertz CT molecular complexity index is 1440. The van der Waals surface area contributed by atoms with Crippen molar-refractivity contribution in [3.05, 3.63) is 60.2 Å². The Kier molecular flexibility index (Phi) is 6.40. The predicted molar refractivity (Wildman–Crippen MR) is 139 cm³/mol. The molecule has 4 bridgehead atoms. The van der Waals surface area contributed by atoms with E-state index < -0.39 is 77.8 Å². The quantitative estimate of drug-likeness (QED) is 0.344. The highest BCUT2D eigenvalue weighted by atomic mass is 16.7. The maximum absolute atomic E-state index is 13.2. The molecule has 9 atom stereocenters. The van der Waals surface area contributed by atoms with Gasteiger partial charge in [0.15, 0.2) is 0 Å². The number of carbonyl (C=O) groups is 7. The standard InChI is InChI=1S/C30H27N3O10/c34-20(42-32-25(35)21-15-6-7-16(10-15)22(21)26(32)36)12-19(31-30(40)41-13-14-4-2-1-3-5-14)29(39)43-33-27(37)23-17-8-9-18(11-17)24(23)28(33)38/h1-9,15-19,21-24H,10-13H2,(H,31,40)/t15?,16?,17?,18?,19-,21?,22?,23?,24?/m0/s1. The molecule has 0 radical (unpaired) electrons. The van der Waals surface area contributed by atoms with Gasteiger partial charge in [0, 0.05) is 0 Å². The van der Waals surface area contributed by atoms with Gasteiger partial charge in [-0.25, -0.2) is 14.4 Å². The summed E-state index contributed by atoms with van der Waals surface area (Å²) < 4.78 is 5.16. The van der Waals surface area contributed by atoms with Gasteiger partial charge in [-0.1, -0.05) is 54.6 Å². The van der Waals surface area contributed by atoms with Crippen molar-refractivity contribution in [2.24, 2.45) is 47.3 Å². The van der Waals surface area contributed by atoms with Crippen LogP contribution in [0, 0.1) is 47.3 Å². The zero-order chi connectivity index (χ0) is 30.0. The van der Waals surface area contributed by atoms with Crippen molar-refractivity contribution in [2.75, 3.05) is 0 Å². The monoisotopic (exact) mass is 589 g/mol. The van der Waals surface area contributed by atoms with E-state index in [1.165, 1.54) is 0 Å². The van der Waals surface area contributed by atoms with Crippen molar-refractivity contribution < 1.29 is 48.0 Å². The minimum atomic E-state index is -1.78. The summed E-state index contributed by atoms with van der Waals surface area (Å²) in [6, 6.07) is 6.90. The highest BCUT2D eigenvalue weighted by molar-refractivity contribution is 6.07. The molecular formula is C30H27N3O10. The van der Waals surface area contributed by atoms with Gasteiger partial charge in [0.25, 0.3) is 23.6 Å². The fraction of sp³-hybridized carbons (Fsp3) is 0.433. The molecule has 2 aliphatic heterocycles. The smallest absolute Gasteiger partial charge is 0.408 e. The lowest BCUT2D eigenvalue weighted by molar-refractivity contribution is -0.204. The largest absolute Gasteiger partial charge is 0.445 e. The first-order valence-corrected chi connectivity index (χ1v) is 14.2. The molecule has 6 aliphatic rings. The fourth-order valence-electron chi connectivity index (χ4n) is 7.49. The van der Waals surface area contributed by atoms with E-state index in [2.05, 4.69) is 5.32 Å². The number of hydrogen-bond acceptors (Lipinski definition) is 10. The zero-order valence-corrected chi connectivity index (χ0v) is 22.7. The number of carbonyl (C=O) groups excluding carboxylic acids is 7. The van der Waals surface area contributed by atoms with Gasteiger partial charge in [0.1, 0.15) is 12.6 Å². The predicted octanol–water partition coefficient (Wildman–Crippen LogP) is 1.20. The molecule has 4 fully saturated rings. The number of allylic oxidation sites excluding steroid dienone is 4. The molecule has 2 saturated carbocycles. The Morgan fingerprint density at radius 1 is 0.721 bits per heavy atom. The number of nitrogens with zero attached hydrogens (tertiary/aromatic N) is 2. The number of benzene rings is 1. The summed E-state index contributed by atoms with van der Waals surface area (Å²) in [5.41, 5.74) is 0.652. The van der Waals surface area contributed by atoms with E-state index in [4.69, 9.17) is 14.4 Å². The van der Waals surface area contributed by atoms with Crippen LogP contribution in [0.2, 0.25) is 0 Å². The molecule has 2 heterocycles. The number of hydrogen-bond donors (Lipinski definition) is 1. The molecular weight excluding hydrogens is 562 g/mol. The number of nitrogens with one attached hydrogen (secondary N) is 1. The van der Waals surface area contributed by atoms with Crippen molar-refractivity contribution in [3.8, 4) is 0 Å². The molecule has 8 unspecified atom stereocenters. The number of rotatable bonds is 8. The van der Waals surface area contributed by atoms with Gasteiger partial charge in [-0.15, -0.1) is 10.1 Å². The number of imide groups is 2. The van der Waals surface area contributed by atoms with Crippen LogP contribution in [0.1, 0.15) is 24.8 Å². The number of ether oxygens (including phenoxy) is 1. The lowest BCUT2D eigenvalue weighted by Gasteiger charge is -2.21. The SMILES string of the molecule is O=C(C[C@H](NC(=O)OCc1ccccc1)C(=O)ON1C(=O)C2C3C=CC(C3)C2C1=O)ON1C(=O)C2C3C=CC(C3)C2C1=O. The molecule has 1 aromatic rings. The van der Waals surface area contributed by atoms with Crippen molar-refractivity contribution in [3.63, 3.8) is 0 Å². The third-order valence-corrected chi connectivity index (χ3v) is 9.39. The van der Waals surface area contributed by atoms with Crippen molar-refractivity contribution in [1.29, 1.82) is 0 Å². The Labute approximate surface area is 244 Å². The maximum Gasteiger partial charge on any atom is 0.408 e. The van der Waals surface area contributed by atoms with Crippen molar-refractivity contribution in [2.45, 2.75) is 31.9 Å². The molecule has 0 spiro atoms. The van der Waals surface area contributed by atoms with E-state index in [0.717, 1.165) is 0 Å². The van der Waals surface area contributed by atoms with Gasteiger partial charge in [-0.05, 0) is 42.1 Å². The Hall–Kier alpha value is -4.81. The number of amides is 5. The van der Waals surface area contributed by atoms with E-state index in [1.54, 1.807) is 30.3 Å². The van der Waals surface area contributed by atoms with Crippen molar-refractivity contribution >= 4 is 41.7 Å². The fourth-order valence-corrected chi connectivity index (χ4v) is 7.49. The summed E-state index contributed by atoms with van der Waals surface area (Å²) in [6.45, 7) is -0.156. The van der Waals surface area contributed by atoms with Crippen LogP contribution in [0.3, 0.4) is 0 Å². The molecule has 1 N–H and O–H groups in total. The lowest BCUT2D eigenvalue weighted by Crippen LogP contribution is -2.48. The third kappa shape index (κ3) is 4.41. The van der Waals surface area contributed by atoms with Gasteiger partial charge >= 0.3 is 18.0 Å². The topological polar surface area (TPSA) is 166 Å². The van der Waals surface area contributed by atoms with Crippen LogP contribution in [0.15, 0.2) is 54.6 Å². The third-order valence-electron chi connectivity index (χ3n) is 9.39. The van der Waals surface area contributed by atoms with Crippen molar-refractivity contribution in [1.82, 2.24) is 15.4 Å². The molecule has 0 aromatic heterocycles. The minimum absolute atomic E-state index is 0.112. The Morgan fingerprint density at radius 2 is 1.19 bits per heavy atom. The Balaban J connectivity index is 1.03. The van der Waals surface area contributed by atoms with Crippen LogP contribution < -0.4 is 5.32 Å². The van der Waals surface area contributed by atoms with Gasteiger partial charge in [-0.2, -0.15) is 0 Å². The van der Waals surface area contributed by atoms with Gasteiger partial charge in [0.05, 0.1) is 30.1 Å². The Morgan fingerprint density at radius 3 is 1.67 bits per heavy atom. The highest BCUT2D eigenvalue weighted by Crippen LogP contribution is 2.53. The summed E-state index contributed by atoms with van der Waals surface area (Å²) in [5.74, 6) is -8.10. The number of alkyl carbamates (subject to hydrolysis) is 1. The van der Waals surface area contributed by atoms with Crippen LogP contribution in [-0.2, 0) is 49.8 Å². The number of fused-ring (bicyclic) bond motifs is 10. The second kappa shape index (κ2) is 10.2. The first-order valence-electron chi connectivity index (χ1n) is 14.2. The summed E-state index contributed by atoms with van der Waals surface area (Å²) in [5, 5.41) is 3.04. The van der Waals surface area contributed by atoms with Gasteiger partial charge in [0.2, 0.25) is 0 Å². The maximum atomic E-state index is 13.2. The van der Waals surface area contributed by atoms with Gasteiger partial charge in [-0.3, -0.25) is 19.2 Å². The van der Waals surface area contributed by atoms with E-state index >= 15 is 0 Å². The molecule has 13 heteroatoms. The van der Waals surface area contributed by atoms with E-state index in [0.29, 0.717) is 28.5 Å². The van der Waals surface area contributed by atoms with Crippen LogP contribution in [0.4, 0.5) is 4.79 Å². The number of hydroxylamine groups is 4. The second-order valence-corrected chi connectivity index (χ2v) is 11.8. The molecule has 2 saturated heterocycles. The molecule has 4 aliphatic carbocycles. The second-order valence-electron chi connectivity index (χ2n) is 11.8. The van der Waals surface area contributed by atoms with E-state index in [-0.39, 0.29) is 30.3 Å². The molecule has 1 aromatic carbocycles. The average Bonchev–Trinajstić information content (AvgIpc) is 3.85. The summed E-state index contributed by atoms with van der Waals surface area (Å²) >= 11 is 0. The van der Waals surface area contributed by atoms with Crippen LogP contribution in [0.25, 0.3) is 0 Å². The minimum Gasteiger partial charge on any atom is -0.445 e. The molecule has 13 nitrogen and oxygen atoms in total. The molecule has 7 rings (SSSR count). The van der Waals surface area contributed by atoms with Crippen LogP contribution >= 0.6 is 0 Å². The highest BCUT2D eigenvalue weighted by Gasteiger charge is 2.62.